The van der Waals surface area contributed by atoms with Gasteiger partial charge < -0.3 is 9.73 Å². The van der Waals surface area contributed by atoms with Gasteiger partial charge in [-0.1, -0.05) is 18.2 Å². The maximum atomic E-state index is 12.4. The summed E-state index contributed by atoms with van der Waals surface area (Å²) in [6, 6.07) is 6.16. The summed E-state index contributed by atoms with van der Waals surface area (Å²) in [5.74, 6) is -0.170. The van der Waals surface area contributed by atoms with Gasteiger partial charge in [0.25, 0.3) is 5.91 Å². The SMILES string of the molecule is CCc1ccc2occ(C(=O)NCc3cn(C(C)C)nn3)c2c1. The number of hydrogen-bond donors (Lipinski definition) is 1. The van der Waals surface area contributed by atoms with E-state index < -0.39 is 0 Å². The Morgan fingerprint density at radius 1 is 1.39 bits per heavy atom. The zero-order chi connectivity index (χ0) is 16.4. The normalized spacial score (nSPS) is 11.3. The largest absolute Gasteiger partial charge is 0.463 e. The topological polar surface area (TPSA) is 73.0 Å². The van der Waals surface area contributed by atoms with E-state index in [0.29, 0.717) is 12.1 Å². The van der Waals surface area contributed by atoms with Gasteiger partial charge in [-0.2, -0.15) is 0 Å². The summed E-state index contributed by atoms with van der Waals surface area (Å²) in [6.45, 7) is 6.48. The Balaban J connectivity index is 1.75. The first kappa shape index (κ1) is 15.3. The highest BCUT2D eigenvalue weighted by Gasteiger charge is 2.14. The van der Waals surface area contributed by atoms with Crippen LogP contribution in [0.25, 0.3) is 11.0 Å². The second-order valence-corrected chi connectivity index (χ2v) is 5.80. The van der Waals surface area contributed by atoms with Gasteiger partial charge in [-0.15, -0.1) is 5.10 Å². The molecule has 0 aliphatic rings. The summed E-state index contributed by atoms with van der Waals surface area (Å²) in [5.41, 5.74) is 3.17. The quantitative estimate of drug-likeness (QED) is 0.785. The minimum absolute atomic E-state index is 0.170. The molecule has 0 bridgehead atoms. The Bertz CT molecular complexity index is 832. The van der Waals surface area contributed by atoms with Gasteiger partial charge in [-0.25, -0.2) is 4.68 Å². The molecule has 0 saturated carbocycles. The second-order valence-electron chi connectivity index (χ2n) is 5.80. The average Bonchev–Trinajstić information content (AvgIpc) is 3.18. The Labute approximate surface area is 134 Å². The van der Waals surface area contributed by atoms with Crippen molar-refractivity contribution in [1.82, 2.24) is 20.3 Å². The molecule has 2 aromatic heterocycles. The van der Waals surface area contributed by atoms with Crippen molar-refractivity contribution in [2.45, 2.75) is 39.8 Å². The van der Waals surface area contributed by atoms with Crippen molar-refractivity contribution in [3.63, 3.8) is 0 Å². The Morgan fingerprint density at radius 2 is 2.22 bits per heavy atom. The Morgan fingerprint density at radius 3 is 2.91 bits per heavy atom. The van der Waals surface area contributed by atoms with E-state index in [9.17, 15) is 4.79 Å². The molecule has 23 heavy (non-hydrogen) atoms. The first-order valence-corrected chi connectivity index (χ1v) is 7.77. The van der Waals surface area contributed by atoms with Crippen LogP contribution in [0.15, 0.2) is 35.1 Å². The summed E-state index contributed by atoms with van der Waals surface area (Å²) >= 11 is 0. The van der Waals surface area contributed by atoms with Crippen molar-refractivity contribution < 1.29 is 9.21 Å². The van der Waals surface area contributed by atoms with Crippen molar-refractivity contribution in [2.75, 3.05) is 0 Å². The molecule has 1 N–H and O–H groups in total. The number of carbonyl (C=O) groups is 1. The lowest BCUT2D eigenvalue weighted by Gasteiger charge is -2.03. The minimum Gasteiger partial charge on any atom is -0.463 e. The van der Waals surface area contributed by atoms with Gasteiger partial charge in [0.1, 0.15) is 17.5 Å². The van der Waals surface area contributed by atoms with Crippen LogP contribution in [0.5, 0.6) is 0 Å². The molecule has 0 spiro atoms. The number of rotatable bonds is 5. The number of fused-ring (bicyclic) bond motifs is 1. The smallest absolute Gasteiger partial charge is 0.255 e. The van der Waals surface area contributed by atoms with Gasteiger partial charge in [0, 0.05) is 11.4 Å². The van der Waals surface area contributed by atoms with Crippen LogP contribution in [0.3, 0.4) is 0 Å². The molecule has 0 fully saturated rings. The molecular weight excluding hydrogens is 292 g/mol. The maximum Gasteiger partial charge on any atom is 0.255 e. The summed E-state index contributed by atoms with van der Waals surface area (Å²) in [4.78, 5) is 12.4. The lowest BCUT2D eigenvalue weighted by atomic mass is 10.1. The number of amides is 1. The number of carbonyl (C=O) groups excluding carboxylic acids is 1. The van der Waals surface area contributed by atoms with E-state index in [0.717, 1.165) is 23.1 Å². The third-order valence-corrected chi connectivity index (χ3v) is 3.81. The highest BCUT2D eigenvalue weighted by molar-refractivity contribution is 6.06. The number of nitrogens with zero attached hydrogens (tertiary/aromatic N) is 3. The number of furan rings is 1. The molecule has 2 heterocycles. The fraction of sp³-hybridized carbons (Fsp3) is 0.353. The standard InChI is InChI=1S/C17H20N4O2/c1-4-12-5-6-16-14(7-12)15(10-23-16)17(22)18-8-13-9-21(11(2)3)20-19-13/h5-7,9-11H,4,8H2,1-3H3,(H,18,22). The molecule has 1 amide bonds. The summed E-state index contributed by atoms with van der Waals surface area (Å²) in [7, 11) is 0. The molecule has 6 heteroatoms. The van der Waals surface area contributed by atoms with Crippen molar-refractivity contribution in [3.8, 4) is 0 Å². The van der Waals surface area contributed by atoms with E-state index in [1.807, 2.05) is 38.2 Å². The molecule has 0 unspecified atom stereocenters. The predicted molar refractivity (Wildman–Crippen MR) is 87.2 cm³/mol. The highest BCUT2D eigenvalue weighted by Crippen LogP contribution is 2.23. The molecule has 3 aromatic rings. The van der Waals surface area contributed by atoms with Gasteiger partial charge in [0.2, 0.25) is 0 Å². The van der Waals surface area contributed by atoms with E-state index >= 15 is 0 Å². The van der Waals surface area contributed by atoms with E-state index in [4.69, 9.17) is 4.42 Å². The van der Waals surface area contributed by atoms with Gasteiger partial charge in [-0.05, 0) is 38.0 Å². The van der Waals surface area contributed by atoms with E-state index in [1.165, 1.54) is 11.8 Å². The molecule has 0 aliphatic carbocycles. The van der Waals surface area contributed by atoms with Crippen LogP contribution in [-0.2, 0) is 13.0 Å². The van der Waals surface area contributed by atoms with Gasteiger partial charge in [-0.3, -0.25) is 4.79 Å². The summed E-state index contributed by atoms with van der Waals surface area (Å²) in [6.07, 6.45) is 4.26. The highest BCUT2D eigenvalue weighted by atomic mass is 16.3. The second kappa shape index (κ2) is 6.24. The van der Waals surface area contributed by atoms with Crippen LogP contribution in [-0.4, -0.2) is 20.9 Å². The summed E-state index contributed by atoms with van der Waals surface area (Å²) < 4.78 is 7.23. The molecule has 0 radical (unpaired) electrons. The third kappa shape index (κ3) is 3.11. The lowest BCUT2D eigenvalue weighted by molar-refractivity contribution is 0.0951. The fourth-order valence-electron chi connectivity index (χ4n) is 2.38. The monoisotopic (exact) mass is 312 g/mol. The average molecular weight is 312 g/mol. The van der Waals surface area contributed by atoms with Crippen molar-refractivity contribution in [2.24, 2.45) is 0 Å². The molecule has 1 aromatic carbocycles. The Hall–Kier alpha value is -2.63. The van der Waals surface area contributed by atoms with Crippen LogP contribution < -0.4 is 5.32 Å². The van der Waals surface area contributed by atoms with E-state index in [-0.39, 0.29) is 11.9 Å². The number of nitrogens with one attached hydrogen (secondary N) is 1. The number of hydrogen-bond acceptors (Lipinski definition) is 4. The van der Waals surface area contributed by atoms with Gasteiger partial charge >= 0.3 is 0 Å². The Kier molecular flexibility index (Phi) is 4.14. The first-order valence-electron chi connectivity index (χ1n) is 7.77. The number of aryl methyl sites for hydroxylation is 1. The van der Waals surface area contributed by atoms with Crippen molar-refractivity contribution >= 4 is 16.9 Å². The first-order chi connectivity index (χ1) is 11.1. The lowest BCUT2D eigenvalue weighted by Crippen LogP contribution is -2.22. The molecule has 0 aliphatic heterocycles. The summed E-state index contributed by atoms with van der Waals surface area (Å²) in [5, 5.41) is 11.8. The maximum absolute atomic E-state index is 12.4. The van der Waals surface area contributed by atoms with Crippen molar-refractivity contribution in [1.29, 1.82) is 0 Å². The molecule has 6 nitrogen and oxygen atoms in total. The zero-order valence-corrected chi connectivity index (χ0v) is 13.5. The minimum atomic E-state index is -0.170. The van der Waals surface area contributed by atoms with Gasteiger partial charge in [0.15, 0.2) is 0 Å². The zero-order valence-electron chi connectivity index (χ0n) is 13.5. The van der Waals surface area contributed by atoms with Crippen LogP contribution in [0, 0.1) is 0 Å². The van der Waals surface area contributed by atoms with Crippen LogP contribution in [0.4, 0.5) is 0 Å². The fourth-order valence-corrected chi connectivity index (χ4v) is 2.38. The third-order valence-electron chi connectivity index (χ3n) is 3.81. The molecular formula is C17H20N4O2. The van der Waals surface area contributed by atoms with Crippen molar-refractivity contribution in [3.05, 3.63) is 47.5 Å². The molecule has 0 atom stereocenters. The number of aromatic nitrogens is 3. The molecule has 0 saturated heterocycles. The van der Waals surface area contributed by atoms with E-state index in [2.05, 4.69) is 22.6 Å². The van der Waals surface area contributed by atoms with Crippen LogP contribution >= 0.6 is 0 Å². The van der Waals surface area contributed by atoms with Crippen LogP contribution in [0.1, 0.15) is 48.4 Å². The number of benzene rings is 1. The molecule has 120 valence electrons. The van der Waals surface area contributed by atoms with E-state index in [1.54, 1.807) is 4.68 Å². The van der Waals surface area contributed by atoms with Gasteiger partial charge in [0.05, 0.1) is 18.3 Å². The molecule has 3 rings (SSSR count). The van der Waals surface area contributed by atoms with Crippen LogP contribution in [0.2, 0.25) is 0 Å². The predicted octanol–water partition coefficient (Wildman–Crippen LogP) is 3.10.